The van der Waals surface area contributed by atoms with Gasteiger partial charge in [-0.3, -0.25) is 0 Å². The Morgan fingerprint density at radius 3 is 2.75 bits per heavy atom. The van der Waals surface area contributed by atoms with Gasteiger partial charge in [-0.1, -0.05) is 30.3 Å². The fourth-order valence-electron chi connectivity index (χ4n) is 2.57. The van der Waals surface area contributed by atoms with Gasteiger partial charge in [-0.25, -0.2) is 18.4 Å². The van der Waals surface area contributed by atoms with Crippen molar-refractivity contribution in [2.45, 2.75) is 18.3 Å². The smallest absolute Gasteiger partial charge is 0.251 e. The van der Waals surface area contributed by atoms with Crippen molar-refractivity contribution in [3.63, 3.8) is 0 Å². The van der Waals surface area contributed by atoms with Crippen LogP contribution in [-0.4, -0.2) is 41.9 Å². The number of rotatable bonds is 5. The first-order valence-electron chi connectivity index (χ1n) is 7.48. The first kappa shape index (κ1) is 16.4. The van der Waals surface area contributed by atoms with Crippen LogP contribution in [0.5, 0.6) is 5.88 Å². The van der Waals surface area contributed by atoms with Gasteiger partial charge in [0.2, 0.25) is 15.7 Å². The molecule has 24 heavy (non-hydrogen) atoms. The number of benzene rings is 1. The van der Waals surface area contributed by atoms with Crippen LogP contribution in [0.25, 0.3) is 0 Å². The molecule has 0 spiro atoms. The molecule has 1 saturated heterocycles. The van der Waals surface area contributed by atoms with Crippen LogP contribution in [0.1, 0.15) is 17.7 Å². The Labute approximate surface area is 140 Å². The van der Waals surface area contributed by atoms with Gasteiger partial charge in [0.15, 0.2) is 0 Å². The number of sulfonamides is 1. The molecule has 1 aliphatic heterocycles. The van der Waals surface area contributed by atoms with Crippen molar-refractivity contribution >= 4 is 10.0 Å². The molecule has 1 fully saturated rings. The topological polar surface area (TPSA) is 96.2 Å². The van der Waals surface area contributed by atoms with Gasteiger partial charge in [0.25, 0.3) is 5.88 Å². The normalized spacial score (nSPS) is 18.2. The molecule has 0 N–H and O–H groups in total. The average Bonchev–Trinajstić information content (AvgIpc) is 3.05. The van der Waals surface area contributed by atoms with E-state index in [1.54, 1.807) is 12.1 Å². The van der Waals surface area contributed by atoms with E-state index in [1.807, 2.05) is 24.3 Å². The van der Waals surface area contributed by atoms with Crippen molar-refractivity contribution < 1.29 is 13.2 Å². The van der Waals surface area contributed by atoms with Crippen molar-refractivity contribution in [1.29, 1.82) is 5.26 Å². The molecule has 1 aromatic carbocycles. The number of aromatic nitrogens is 2. The largest absolute Gasteiger partial charge is 0.471 e. The summed E-state index contributed by atoms with van der Waals surface area (Å²) in [6.45, 7) is 0.637. The highest BCUT2D eigenvalue weighted by molar-refractivity contribution is 7.88. The molecule has 2 heterocycles. The van der Waals surface area contributed by atoms with Gasteiger partial charge >= 0.3 is 0 Å². The zero-order valence-corrected chi connectivity index (χ0v) is 13.7. The predicted molar refractivity (Wildman–Crippen MR) is 86.4 cm³/mol. The summed E-state index contributed by atoms with van der Waals surface area (Å²) in [6.07, 6.45) is 3.07. The predicted octanol–water partition coefficient (Wildman–Crippen LogP) is 1.33. The lowest BCUT2D eigenvalue weighted by atomic mass is 10.2. The van der Waals surface area contributed by atoms with E-state index < -0.39 is 10.0 Å². The highest BCUT2D eigenvalue weighted by Crippen LogP contribution is 2.22. The quantitative estimate of drug-likeness (QED) is 0.812. The molecule has 0 radical (unpaired) electrons. The van der Waals surface area contributed by atoms with Crippen LogP contribution in [-0.2, 0) is 15.8 Å². The summed E-state index contributed by atoms with van der Waals surface area (Å²) >= 11 is 0. The first-order chi connectivity index (χ1) is 11.6. The Morgan fingerprint density at radius 2 is 2.00 bits per heavy atom. The summed E-state index contributed by atoms with van der Waals surface area (Å²) in [7, 11) is -3.40. The Bertz CT molecular complexity index is 849. The van der Waals surface area contributed by atoms with Gasteiger partial charge in [-0.2, -0.15) is 9.57 Å². The molecule has 7 nitrogen and oxygen atoms in total. The van der Waals surface area contributed by atoms with Crippen molar-refractivity contribution in [3.8, 4) is 11.9 Å². The second-order valence-electron chi connectivity index (χ2n) is 5.45. The number of hydrogen-bond acceptors (Lipinski definition) is 6. The molecule has 0 saturated carbocycles. The Morgan fingerprint density at radius 1 is 1.25 bits per heavy atom. The third-order valence-corrected chi connectivity index (χ3v) is 5.56. The van der Waals surface area contributed by atoms with E-state index in [2.05, 4.69) is 9.97 Å². The summed E-state index contributed by atoms with van der Waals surface area (Å²) in [4.78, 5) is 7.88. The zero-order chi connectivity index (χ0) is 17.0. The van der Waals surface area contributed by atoms with E-state index in [1.165, 1.54) is 16.7 Å². The van der Waals surface area contributed by atoms with Gasteiger partial charge < -0.3 is 4.74 Å². The van der Waals surface area contributed by atoms with Crippen LogP contribution < -0.4 is 4.74 Å². The SMILES string of the molecule is N#Cc1nccnc1O[C@@H]1CCN(S(=O)(=O)Cc2ccccc2)C1. The summed E-state index contributed by atoms with van der Waals surface area (Å²) in [6, 6.07) is 11.0. The lowest BCUT2D eigenvalue weighted by molar-refractivity contribution is 0.205. The molecule has 2 aromatic rings. The minimum atomic E-state index is -3.40. The molecule has 8 heteroatoms. The number of ether oxygens (including phenoxy) is 1. The van der Waals surface area contributed by atoms with Crippen LogP contribution in [0.15, 0.2) is 42.7 Å². The lowest BCUT2D eigenvalue weighted by Crippen LogP contribution is -2.32. The molecule has 0 bridgehead atoms. The molecule has 124 valence electrons. The zero-order valence-electron chi connectivity index (χ0n) is 12.9. The molecular formula is C16H16N4O3S. The van der Waals surface area contributed by atoms with Gasteiger partial charge in [0, 0.05) is 18.9 Å². The van der Waals surface area contributed by atoms with Gasteiger partial charge in [-0.05, 0) is 12.0 Å². The molecule has 1 aliphatic rings. The summed E-state index contributed by atoms with van der Waals surface area (Å²) in [5, 5.41) is 9.00. The minimum Gasteiger partial charge on any atom is -0.471 e. The molecular weight excluding hydrogens is 328 g/mol. The van der Waals surface area contributed by atoms with E-state index in [0.717, 1.165) is 5.56 Å². The molecule has 1 atom stereocenters. The maximum atomic E-state index is 12.5. The fraction of sp³-hybridized carbons (Fsp3) is 0.312. The standard InChI is InChI=1S/C16H16N4O3S/c17-10-15-16(19-8-7-18-15)23-14-6-9-20(11-14)24(21,22)12-13-4-2-1-3-5-13/h1-5,7-8,14H,6,9,11-12H2/t14-/m1/s1. The monoisotopic (exact) mass is 344 g/mol. The van der Waals surface area contributed by atoms with E-state index >= 15 is 0 Å². The number of nitrogens with zero attached hydrogens (tertiary/aromatic N) is 4. The van der Waals surface area contributed by atoms with E-state index in [9.17, 15) is 8.42 Å². The summed E-state index contributed by atoms with van der Waals surface area (Å²) in [5.74, 6) is 0.113. The van der Waals surface area contributed by atoms with Crippen LogP contribution in [0.4, 0.5) is 0 Å². The van der Waals surface area contributed by atoms with Crippen LogP contribution in [0, 0.1) is 11.3 Å². The Hall–Kier alpha value is -2.50. The second kappa shape index (κ2) is 6.95. The van der Waals surface area contributed by atoms with Crippen molar-refractivity contribution in [1.82, 2.24) is 14.3 Å². The van der Waals surface area contributed by atoms with Crippen LogP contribution >= 0.6 is 0 Å². The van der Waals surface area contributed by atoms with Gasteiger partial charge in [0.1, 0.15) is 12.2 Å². The Balaban J connectivity index is 1.66. The summed E-state index contributed by atoms with van der Waals surface area (Å²) < 4.78 is 32.1. The lowest BCUT2D eigenvalue weighted by Gasteiger charge is -2.17. The molecule has 3 rings (SSSR count). The van der Waals surface area contributed by atoms with E-state index in [4.69, 9.17) is 10.00 Å². The molecule has 0 aliphatic carbocycles. The fourth-order valence-corrected chi connectivity index (χ4v) is 4.14. The minimum absolute atomic E-state index is 0.0326. The number of nitriles is 1. The molecule has 0 amide bonds. The Kier molecular flexibility index (Phi) is 4.74. The number of hydrogen-bond donors (Lipinski definition) is 0. The highest BCUT2D eigenvalue weighted by atomic mass is 32.2. The third kappa shape index (κ3) is 3.69. The van der Waals surface area contributed by atoms with Crippen molar-refractivity contribution in [3.05, 3.63) is 54.0 Å². The van der Waals surface area contributed by atoms with Crippen LogP contribution in [0.3, 0.4) is 0 Å². The van der Waals surface area contributed by atoms with Crippen LogP contribution in [0.2, 0.25) is 0 Å². The second-order valence-corrected chi connectivity index (χ2v) is 7.42. The van der Waals surface area contributed by atoms with Crippen molar-refractivity contribution in [2.75, 3.05) is 13.1 Å². The first-order valence-corrected chi connectivity index (χ1v) is 9.09. The molecule has 0 unspecified atom stereocenters. The third-order valence-electron chi connectivity index (χ3n) is 3.74. The summed E-state index contributed by atoms with van der Waals surface area (Å²) in [5.41, 5.74) is 0.852. The van der Waals surface area contributed by atoms with E-state index in [0.29, 0.717) is 13.0 Å². The maximum Gasteiger partial charge on any atom is 0.251 e. The van der Waals surface area contributed by atoms with E-state index in [-0.39, 0.29) is 30.0 Å². The van der Waals surface area contributed by atoms with Gasteiger partial charge in [0.05, 0.1) is 12.3 Å². The average molecular weight is 344 g/mol. The molecule has 1 aromatic heterocycles. The van der Waals surface area contributed by atoms with Gasteiger partial charge in [-0.15, -0.1) is 0 Å². The van der Waals surface area contributed by atoms with Crippen molar-refractivity contribution in [2.24, 2.45) is 0 Å². The maximum absolute atomic E-state index is 12.5. The highest BCUT2D eigenvalue weighted by Gasteiger charge is 2.33.